The van der Waals surface area contributed by atoms with Crippen molar-refractivity contribution < 1.29 is 19.1 Å². The van der Waals surface area contributed by atoms with Crippen LogP contribution in [0.4, 0.5) is 4.79 Å². The predicted molar refractivity (Wildman–Crippen MR) is 109 cm³/mol. The van der Waals surface area contributed by atoms with Gasteiger partial charge < -0.3 is 9.64 Å². The highest BCUT2D eigenvalue weighted by molar-refractivity contribution is 8.18. The van der Waals surface area contributed by atoms with Gasteiger partial charge in [0.15, 0.2) is 0 Å². The average Bonchev–Trinajstić information content (AvgIpc) is 3.00. The van der Waals surface area contributed by atoms with Crippen LogP contribution in [-0.2, 0) is 16.0 Å². The van der Waals surface area contributed by atoms with Crippen molar-refractivity contribution in [1.82, 2.24) is 10.2 Å². The van der Waals surface area contributed by atoms with Gasteiger partial charge in [0.2, 0.25) is 5.91 Å². The zero-order valence-electron chi connectivity index (χ0n) is 15.4. The molecule has 2 aromatic rings. The molecule has 0 radical (unpaired) electrons. The van der Waals surface area contributed by atoms with Crippen LogP contribution in [0.15, 0.2) is 59.5 Å². The molecule has 2 aromatic carbocycles. The molecule has 3 rings (SSSR count). The molecule has 6 nitrogen and oxygen atoms in total. The molecule has 0 spiro atoms. The molecule has 1 N–H and O–H groups in total. The largest absolute Gasteiger partial charge is 0.492 e. The third-order valence-electron chi connectivity index (χ3n) is 4.14. The number of thioether (sulfide) groups is 1. The number of nitrogens with zero attached hydrogens (tertiary/aromatic N) is 1. The van der Waals surface area contributed by atoms with E-state index in [1.54, 1.807) is 30.2 Å². The molecule has 7 heteroatoms. The zero-order chi connectivity index (χ0) is 19.9. The lowest BCUT2D eigenvalue weighted by Gasteiger charge is -2.17. The molecule has 1 saturated heterocycles. The third kappa shape index (κ3) is 5.47. The molecular weight excluding hydrogens is 376 g/mol. The van der Waals surface area contributed by atoms with Crippen LogP contribution in [0.1, 0.15) is 11.1 Å². The molecular formula is C21H20N2O4S. The number of rotatable bonds is 7. The van der Waals surface area contributed by atoms with Crippen molar-refractivity contribution in [2.45, 2.75) is 6.42 Å². The van der Waals surface area contributed by atoms with Gasteiger partial charge in [0.1, 0.15) is 12.4 Å². The minimum atomic E-state index is -0.376. The monoisotopic (exact) mass is 396 g/mol. The zero-order valence-corrected chi connectivity index (χ0v) is 16.2. The van der Waals surface area contributed by atoms with E-state index in [4.69, 9.17) is 4.74 Å². The fourth-order valence-electron chi connectivity index (χ4n) is 2.56. The van der Waals surface area contributed by atoms with E-state index >= 15 is 0 Å². The maximum atomic E-state index is 12.2. The van der Waals surface area contributed by atoms with E-state index in [2.05, 4.69) is 5.32 Å². The number of amides is 3. The molecule has 0 atom stereocenters. The van der Waals surface area contributed by atoms with Crippen LogP contribution in [0, 0.1) is 0 Å². The lowest BCUT2D eigenvalue weighted by molar-refractivity contribution is -0.129. The molecule has 0 bridgehead atoms. The minimum Gasteiger partial charge on any atom is -0.492 e. The van der Waals surface area contributed by atoms with Crippen LogP contribution in [0.5, 0.6) is 5.75 Å². The number of imide groups is 1. The molecule has 1 fully saturated rings. The van der Waals surface area contributed by atoms with Gasteiger partial charge in [0.25, 0.3) is 11.1 Å². The van der Waals surface area contributed by atoms with Gasteiger partial charge >= 0.3 is 0 Å². The average molecular weight is 396 g/mol. The maximum Gasteiger partial charge on any atom is 0.290 e. The Balaban J connectivity index is 1.46. The number of ether oxygens (including phenoxy) is 1. The van der Waals surface area contributed by atoms with E-state index in [9.17, 15) is 14.4 Å². The summed E-state index contributed by atoms with van der Waals surface area (Å²) in [6, 6.07) is 16.8. The number of carbonyl (C=O) groups is 3. The molecule has 0 aromatic heterocycles. The van der Waals surface area contributed by atoms with Crippen molar-refractivity contribution in [1.29, 1.82) is 0 Å². The predicted octanol–water partition coefficient (Wildman–Crippen LogP) is 3.09. The van der Waals surface area contributed by atoms with Gasteiger partial charge in [0.05, 0.1) is 17.9 Å². The smallest absolute Gasteiger partial charge is 0.290 e. The van der Waals surface area contributed by atoms with Gasteiger partial charge in [-0.1, -0.05) is 42.5 Å². The highest BCUT2D eigenvalue weighted by Crippen LogP contribution is 2.26. The van der Waals surface area contributed by atoms with Crippen LogP contribution in [-0.4, -0.2) is 42.2 Å². The highest BCUT2D eigenvalue weighted by Gasteiger charge is 2.24. The highest BCUT2D eigenvalue weighted by atomic mass is 32.2. The Bertz CT molecular complexity index is 894. The molecule has 28 heavy (non-hydrogen) atoms. The minimum absolute atomic E-state index is 0.0404. The third-order valence-corrected chi connectivity index (χ3v) is 4.95. The van der Waals surface area contributed by atoms with E-state index in [1.807, 2.05) is 42.5 Å². The molecule has 0 saturated carbocycles. The Kier molecular flexibility index (Phi) is 6.49. The number of likely N-dealkylation sites (N-methyl/N-ethyl adjacent to an activating group) is 1. The lowest BCUT2D eigenvalue weighted by Crippen LogP contribution is -2.32. The van der Waals surface area contributed by atoms with Gasteiger partial charge in [0, 0.05) is 7.05 Å². The summed E-state index contributed by atoms with van der Waals surface area (Å²) in [6.45, 7) is 0.862. The van der Waals surface area contributed by atoms with Gasteiger partial charge in [-0.05, 0) is 41.1 Å². The van der Waals surface area contributed by atoms with E-state index in [-0.39, 0.29) is 17.1 Å². The summed E-state index contributed by atoms with van der Waals surface area (Å²) in [6.07, 6.45) is 2.03. The fraction of sp³-hybridized carbons (Fsp3) is 0.190. The summed E-state index contributed by atoms with van der Waals surface area (Å²) in [5.41, 5.74) is 1.79. The Morgan fingerprint density at radius 2 is 1.82 bits per heavy atom. The summed E-state index contributed by atoms with van der Waals surface area (Å²) >= 11 is 0.886. The van der Waals surface area contributed by atoms with Crippen molar-refractivity contribution in [2.24, 2.45) is 0 Å². The Labute approximate surface area is 167 Å². The molecule has 1 aliphatic rings. The number of benzene rings is 2. The first-order valence-electron chi connectivity index (χ1n) is 8.77. The van der Waals surface area contributed by atoms with E-state index in [0.29, 0.717) is 30.2 Å². The maximum absolute atomic E-state index is 12.2. The first-order chi connectivity index (χ1) is 13.5. The summed E-state index contributed by atoms with van der Waals surface area (Å²) in [5.74, 6) is 0.336. The van der Waals surface area contributed by atoms with E-state index in [0.717, 1.165) is 22.9 Å². The summed E-state index contributed by atoms with van der Waals surface area (Å²) in [4.78, 5) is 37.0. The van der Waals surface area contributed by atoms with E-state index in [1.165, 1.54) is 0 Å². The molecule has 0 aliphatic carbocycles. The van der Waals surface area contributed by atoms with Gasteiger partial charge in [-0.3, -0.25) is 19.7 Å². The van der Waals surface area contributed by atoms with Crippen LogP contribution in [0.2, 0.25) is 0 Å². The number of hydrogen-bond acceptors (Lipinski definition) is 5. The van der Waals surface area contributed by atoms with E-state index < -0.39 is 0 Å². The Morgan fingerprint density at radius 1 is 1.11 bits per heavy atom. The molecule has 1 aliphatic heterocycles. The first-order valence-corrected chi connectivity index (χ1v) is 9.58. The van der Waals surface area contributed by atoms with Crippen molar-refractivity contribution in [2.75, 3.05) is 20.2 Å². The Hall–Kier alpha value is -3.06. The number of nitrogens with one attached hydrogen (secondary N) is 1. The standard InChI is InChI=1S/C21H20N2O4S/c1-23(19(24)14-15-5-3-2-4-6-15)11-12-27-17-9-7-16(8-10-17)13-18-20(25)22-21(26)28-18/h2-10,13H,11-12,14H2,1H3,(H,22,25,26). The fourth-order valence-corrected chi connectivity index (χ4v) is 3.25. The van der Waals surface area contributed by atoms with Crippen LogP contribution < -0.4 is 10.1 Å². The topological polar surface area (TPSA) is 75.7 Å². The van der Waals surface area contributed by atoms with Crippen molar-refractivity contribution in [3.63, 3.8) is 0 Å². The second kappa shape index (κ2) is 9.23. The Morgan fingerprint density at radius 3 is 2.46 bits per heavy atom. The SMILES string of the molecule is CN(CCOc1ccc(C=C2SC(=O)NC2=O)cc1)C(=O)Cc1ccccc1. The lowest BCUT2D eigenvalue weighted by atomic mass is 10.1. The van der Waals surface area contributed by atoms with Gasteiger partial charge in [-0.25, -0.2) is 0 Å². The molecule has 144 valence electrons. The molecule has 0 unspecified atom stereocenters. The normalized spacial score (nSPS) is 14.8. The number of carbonyl (C=O) groups excluding carboxylic acids is 3. The molecule has 3 amide bonds. The molecule has 1 heterocycles. The van der Waals surface area contributed by atoms with Crippen LogP contribution in [0.3, 0.4) is 0 Å². The summed E-state index contributed by atoms with van der Waals surface area (Å²) < 4.78 is 5.69. The van der Waals surface area contributed by atoms with Gasteiger partial charge in [-0.15, -0.1) is 0 Å². The van der Waals surface area contributed by atoms with Crippen molar-refractivity contribution in [3.05, 3.63) is 70.6 Å². The number of hydrogen-bond donors (Lipinski definition) is 1. The van der Waals surface area contributed by atoms with Crippen molar-refractivity contribution >= 4 is 34.9 Å². The van der Waals surface area contributed by atoms with Gasteiger partial charge in [-0.2, -0.15) is 0 Å². The van der Waals surface area contributed by atoms with Crippen molar-refractivity contribution in [3.8, 4) is 5.75 Å². The first kappa shape index (κ1) is 19.7. The summed E-state index contributed by atoms with van der Waals surface area (Å²) in [5, 5.41) is 1.86. The van der Waals surface area contributed by atoms with Crippen LogP contribution in [0.25, 0.3) is 6.08 Å². The van der Waals surface area contributed by atoms with Crippen LogP contribution >= 0.6 is 11.8 Å². The summed E-state index contributed by atoms with van der Waals surface area (Å²) in [7, 11) is 1.76. The second-order valence-electron chi connectivity index (χ2n) is 6.25. The second-order valence-corrected chi connectivity index (χ2v) is 7.26. The quantitative estimate of drug-likeness (QED) is 0.728.